The van der Waals surface area contributed by atoms with E-state index in [4.69, 9.17) is 27.6 Å². The van der Waals surface area contributed by atoms with Crippen molar-refractivity contribution in [3.05, 3.63) is 52.2 Å². The minimum atomic E-state index is -0.133. The van der Waals surface area contributed by atoms with Gasteiger partial charge in [0.05, 0.1) is 16.8 Å². The smallest absolute Gasteiger partial charge is 0.203 e. The maximum Gasteiger partial charge on any atom is 0.203 e. The molecule has 2 aromatic heterocycles. The molecule has 5 heteroatoms. The number of carbonyl (C=O) groups is 1. The third kappa shape index (κ3) is 2.26. The van der Waals surface area contributed by atoms with Gasteiger partial charge in [-0.3, -0.25) is 9.78 Å². The number of aromatic nitrogens is 1. The zero-order chi connectivity index (χ0) is 11.5. The summed E-state index contributed by atoms with van der Waals surface area (Å²) in [6.07, 6.45) is 4.65. The summed E-state index contributed by atoms with van der Waals surface area (Å²) in [6, 6.07) is 3.24. The first-order chi connectivity index (χ1) is 7.68. The Bertz CT molecular complexity index is 522. The fourth-order valence-electron chi connectivity index (χ4n) is 1.31. The van der Waals surface area contributed by atoms with Crippen LogP contribution in [-0.2, 0) is 6.42 Å². The summed E-state index contributed by atoms with van der Waals surface area (Å²) >= 11 is 11.6. The van der Waals surface area contributed by atoms with E-state index in [1.165, 1.54) is 12.5 Å². The third-order valence-corrected chi connectivity index (χ3v) is 2.76. The van der Waals surface area contributed by atoms with Gasteiger partial charge >= 0.3 is 0 Å². The lowest BCUT2D eigenvalue weighted by Crippen LogP contribution is -2.03. The number of halogens is 2. The molecule has 0 saturated carbocycles. The fraction of sp³-hybridized carbons (Fsp3) is 0.0909. The van der Waals surface area contributed by atoms with Crippen molar-refractivity contribution >= 4 is 29.0 Å². The highest BCUT2D eigenvalue weighted by Gasteiger charge is 2.14. The van der Waals surface area contributed by atoms with Crippen molar-refractivity contribution in [2.45, 2.75) is 6.42 Å². The summed E-state index contributed by atoms with van der Waals surface area (Å²) in [5, 5.41) is 0.575. The molecule has 0 fully saturated rings. The first-order valence-corrected chi connectivity index (χ1v) is 5.28. The van der Waals surface area contributed by atoms with Crippen LogP contribution in [0.5, 0.6) is 0 Å². The molecule has 3 nitrogen and oxygen atoms in total. The Morgan fingerprint density at radius 2 is 2.19 bits per heavy atom. The largest absolute Gasteiger partial charge is 0.452 e. The number of carbonyl (C=O) groups excluding carboxylic acids is 1. The molecule has 0 saturated heterocycles. The summed E-state index contributed by atoms with van der Waals surface area (Å²) in [5.74, 6) is -0.133. The number of pyridine rings is 1. The molecule has 82 valence electrons. The Morgan fingerprint density at radius 3 is 2.81 bits per heavy atom. The molecule has 0 amide bonds. The van der Waals surface area contributed by atoms with E-state index < -0.39 is 0 Å². The molecule has 2 aromatic rings. The minimum Gasteiger partial charge on any atom is -0.452 e. The van der Waals surface area contributed by atoms with Crippen LogP contribution in [-0.4, -0.2) is 10.8 Å². The Morgan fingerprint density at radius 1 is 1.38 bits per heavy atom. The Kier molecular flexibility index (Phi) is 3.27. The molecule has 2 heterocycles. The van der Waals surface area contributed by atoms with Crippen LogP contribution in [0.2, 0.25) is 10.2 Å². The van der Waals surface area contributed by atoms with Crippen molar-refractivity contribution in [3.63, 3.8) is 0 Å². The van der Waals surface area contributed by atoms with Crippen LogP contribution in [0.25, 0.3) is 0 Å². The van der Waals surface area contributed by atoms with Gasteiger partial charge in [0.15, 0.2) is 5.78 Å². The number of Topliss-reactive ketones (excluding diaryl/α,β-unsaturated/α-hetero) is 1. The highest BCUT2D eigenvalue weighted by atomic mass is 35.5. The molecular formula is C11H7Cl2NO2. The summed E-state index contributed by atoms with van der Waals surface area (Å²) in [7, 11) is 0. The maximum absolute atomic E-state index is 11.8. The number of hydrogen-bond donors (Lipinski definition) is 0. The van der Waals surface area contributed by atoms with E-state index in [1.54, 1.807) is 18.3 Å². The van der Waals surface area contributed by atoms with Crippen LogP contribution in [0.15, 0.2) is 35.2 Å². The summed E-state index contributed by atoms with van der Waals surface area (Å²) < 4.78 is 4.85. The molecule has 0 radical (unpaired) electrons. The number of rotatable bonds is 3. The van der Waals surface area contributed by atoms with Crippen LogP contribution in [0.3, 0.4) is 0 Å². The fourth-order valence-corrected chi connectivity index (χ4v) is 1.71. The van der Waals surface area contributed by atoms with Crippen LogP contribution < -0.4 is 0 Å². The van der Waals surface area contributed by atoms with Gasteiger partial charge < -0.3 is 4.42 Å². The lowest BCUT2D eigenvalue weighted by molar-refractivity contribution is 0.0992. The van der Waals surface area contributed by atoms with E-state index in [2.05, 4.69) is 4.98 Å². The second-order valence-corrected chi connectivity index (χ2v) is 3.93. The summed E-state index contributed by atoms with van der Waals surface area (Å²) in [5.41, 5.74) is 1.09. The molecule has 0 unspecified atom stereocenters. The second kappa shape index (κ2) is 4.68. The molecule has 0 aromatic carbocycles. The van der Waals surface area contributed by atoms with Gasteiger partial charge in [-0.2, -0.15) is 0 Å². The Balaban J connectivity index is 2.21. The molecular weight excluding hydrogens is 249 g/mol. The lowest BCUT2D eigenvalue weighted by Gasteiger charge is -2.01. The van der Waals surface area contributed by atoms with Gasteiger partial charge in [0.1, 0.15) is 0 Å². The molecule has 0 spiro atoms. The van der Waals surface area contributed by atoms with Crippen LogP contribution in [0.1, 0.15) is 15.9 Å². The van der Waals surface area contributed by atoms with Crippen molar-refractivity contribution in [3.8, 4) is 0 Å². The maximum atomic E-state index is 11.8. The van der Waals surface area contributed by atoms with E-state index in [1.807, 2.05) is 0 Å². The van der Waals surface area contributed by atoms with Crippen molar-refractivity contribution in [2.24, 2.45) is 0 Å². The van der Waals surface area contributed by atoms with Gasteiger partial charge in [0.25, 0.3) is 0 Å². The second-order valence-electron chi connectivity index (χ2n) is 3.18. The molecule has 0 N–H and O–H groups in total. The molecule has 16 heavy (non-hydrogen) atoms. The van der Waals surface area contributed by atoms with Gasteiger partial charge in [-0.1, -0.05) is 11.6 Å². The number of furan rings is 1. The number of ketones is 1. The predicted molar refractivity (Wildman–Crippen MR) is 61.0 cm³/mol. The van der Waals surface area contributed by atoms with E-state index in [0.29, 0.717) is 10.6 Å². The highest BCUT2D eigenvalue weighted by Crippen LogP contribution is 2.21. The standard InChI is InChI=1S/C11H7Cl2NO2/c12-9-6-14-3-1-7(9)5-10(15)8-2-4-16-11(8)13/h1-4,6H,5H2. The normalized spacial score (nSPS) is 10.4. The average molecular weight is 256 g/mol. The highest BCUT2D eigenvalue weighted by molar-refractivity contribution is 6.33. The van der Waals surface area contributed by atoms with Crippen LogP contribution >= 0.6 is 23.2 Å². The van der Waals surface area contributed by atoms with E-state index in [9.17, 15) is 4.79 Å². The molecule has 0 aliphatic rings. The average Bonchev–Trinajstić information content (AvgIpc) is 2.68. The SMILES string of the molecule is O=C(Cc1ccncc1Cl)c1ccoc1Cl. The quantitative estimate of drug-likeness (QED) is 0.790. The number of nitrogens with zero attached hydrogens (tertiary/aromatic N) is 1. The molecule has 2 rings (SSSR count). The van der Waals surface area contributed by atoms with E-state index >= 15 is 0 Å². The Hall–Kier alpha value is -1.32. The molecule has 0 atom stereocenters. The van der Waals surface area contributed by atoms with Gasteiger partial charge in [0.2, 0.25) is 5.22 Å². The van der Waals surface area contributed by atoms with E-state index in [-0.39, 0.29) is 17.4 Å². The zero-order valence-electron chi connectivity index (χ0n) is 8.11. The zero-order valence-corrected chi connectivity index (χ0v) is 9.63. The van der Waals surface area contributed by atoms with Crippen molar-refractivity contribution < 1.29 is 9.21 Å². The van der Waals surface area contributed by atoms with Gasteiger partial charge in [-0.05, 0) is 29.3 Å². The van der Waals surface area contributed by atoms with Crippen molar-refractivity contribution in [2.75, 3.05) is 0 Å². The van der Waals surface area contributed by atoms with Crippen LogP contribution in [0, 0.1) is 0 Å². The molecule has 0 aliphatic heterocycles. The molecule has 0 bridgehead atoms. The molecule has 0 aliphatic carbocycles. The van der Waals surface area contributed by atoms with Crippen LogP contribution in [0.4, 0.5) is 0 Å². The summed E-state index contributed by atoms with van der Waals surface area (Å²) in [6.45, 7) is 0. The third-order valence-electron chi connectivity index (χ3n) is 2.13. The first kappa shape index (κ1) is 11.2. The van der Waals surface area contributed by atoms with Gasteiger partial charge in [-0.25, -0.2) is 0 Å². The monoisotopic (exact) mass is 255 g/mol. The van der Waals surface area contributed by atoms with Gasteiger partial charge in [-0.15, -0.1) is 0 Å². The summed E-state index contributed by atoms with van der Waals surface area (Å²) in [4.78, 5) is 15.7. The predicted octanol–water partition coefficient (Wildman–Crippen LogP) is 3.41. The first-order valence-electron chi connectivity index (χ1n) is 4.53. The van der Waals surface area contributed by atoms with Gasteiger partial charge in [0, 0.05) is 18.8 Å². The topological polar surface area (TPSA) is 43.1 Å². The number of hydrogen-bond acceptors (Lipinski definition) is 3. The Labute approximate surface area is 102 Å². The van der Waals surface area contributed by atoms with E-state index in [0.717, 1.165) is 5.56 Å². The lowest BCUT2D eigenvalue weighted by atomic mass is 10.1. The van der Waals surface area contributed by atoms with Crippen molar-refractivity contribution in [1.29, 1.82) is 0 Å². The van der Waals surface area contributed by atoms with Crippen molar-refractivity contribution in [1.82, 2.24) is 4.98 Å². The minimum absolute atomic E-state index is 0.107.